The second-order valence-corrected chi connectivity index (χ2v) is 7.06. The highest BCUT2D eigenvalue weighted by Gasteiger charge is 2.32. The van der Waals surface area contributed by atoms with Gasteiger partial charge >= 0.3 is 0 Å². The SMILES string of the molecule is CN(C1CCOCC1)S(=O)(=O)c1cc(CO)oc1Br. The third-order valence-corrected chi connectivity index (χ3v) is 5.99. The second-order valence-electron chi connectivity index (χ2n) is 4.37. The van der Waals surface area contributed by atoms with Gasteiger partial charge in [-0.2, -0.15) is 4.31 Å². The molecule has 0 aromatic carbocycles. The Bertz CT molecular complexity index is 535. The Morgan fingerprint density at radius 3 is 2.63 bits per heavy atom. The number of ether oxygens (including phenoxy) is 1. The molecule has 0 spiro atoms. The van der Waals surface area contributed by atoms with Crippen molar-refractivity contribution in [3.63, 3.8) is 0 Å². The molecule has 1 aliphatic heterocycles. The molecule has 2 heterocycles. The van der Waals surface area contributed by atoms with Crippen molar-refractivity contribution in [2.45, 2.75) is 30.4 Å². The standard InChI is InChI=1S/C11H16BrNO5S/c1-13(8-2-4-17-5-3-8)19(15,16)10-6-9(7-14)18-11(10)12/h6,8,14H,2-5,7H2,1H3. The van der Waals surface area contributed by atoms with E-state index in [0.717, 1.165) is 0 Å². The Labute approximate surface area is 120 Å². The largest absolute Gasteiger partial charge is 0.450 e. The van der Waals surface area contributed by atoms with Gasteiger partial charge in [0.15, 0.2) is 4.67 Å². The summed E-state index contributed by atoms with van der Waals surface area (Å²) >= 11 is 3.08. The summed E-state index contributed by atoms with van der Waals surface area (Å²) in [6.07, 6.45) is 1.36. The first kappa shape index (κ1) is 15.0. The highest BCUT2D eigenvalue weighted by molar-refractivity contribution is 9.10. The molecule has 1 aromatic heterocycles. The van der Waals surface area contributed by atoms with Gasteiger partial charge in [0.1, 0.15) is 17.3 Å². The molecule has 0 atom stereocenters. The predicted molar refractivity (Wildman–Crippen MR) is 71.1 cm³/mol. The van der Waals surface area contributed by atoms with Crippen LogP contribution in [-0.4, -0.2) is 44.1 Å². The number of halogens is 1. The molecule has 108 valence electrons. The van der Waals surface area contributed by atoms with Gasteiger partial charge < -0.3 is 14.3 Å². The van der Waals surface area contributed by atoms with E-state index in [1.54, 1.807) is 7.05 Å². The molecular formula is C11H16BrNO5S. The summed E-state index contributed by atoms with van der Waals surface area (Å²) in [6, 6.07) is 1.27. The number of hydrogen-bond acceptors (Lipinski definition) is 5. The van der Waals surface area contributed by atoms with Gasteiger partial charge in [0, 0.05) is 32.4 Å². The molecular weight excluding hydrogens is 338 g/mol. The first-order chi connectivity index (χ1) is 8.96. The maximum Gasteiger partial charge on any atom is 0.247 e. The summed E-state index contributed by atoms with van der Waals surface area (Å²) in [7, 11) is -2.07. The van der Waals surface area contributed by atoms with Crippen LogP contribution in [0.4, 0.5) is 0 Å². The van der Waals surface area contributed by atoms with Crippen molar-refractivity contribution in [1.82, 2.24) is 4.31 Å². The Morgan fingerprint density at radius 1 is 1.47 bits per heavy atom. The van der Waals surface area contributed by atoms with Crippen molar-refractivity contribution in [2.24, 2.45) is 0 Å². The molecule has 6 nitrogen and oxygen atoms in total. The van der Waals surface area contributed by atoms with Gasteiger partial charge in [0.05, 0.1) is 0 Å². The van der Waals surface area contributed by atoms with Gasteiger partial charge in [-0.05, 0) is 28.8 Å². The topological polar surface area (TPSA) is 80.0 Å². The van der Waals surface area contributed by atoms with Gasteiger partial charge in [-0.1, -0.05) is 0 Å². The average Bonchev–Trinajstić information content (AvgIpc) is 2.81. The molecule has 1 aliphatic rings. The molecule has 0 radical (unpaired) electrons. The van der Waals surface area contributed by atoms with Gasteiger partial charge in [-0.25, -0.2) is 8.42 Å². The fraction of sp³-hybridized carbons (Fsp3) is 0.636. The van der Waals surface area contributed by atoms with E-state index in [-0.39, 0.29) is 28.0 Å². The highest BCUT2D eigenvalue weighted by atomic mass is 79.9. The Hall–Kier alpha value is -0.410. The van der Waals surface area contributed by atoms with Crippen LogP contribution < -0.4 is 0 Å². The lowest BCUT2D eigenvalue weighted by atomic mass is 10.1. The van der Waals surface area contributed by atoms with Crippen LogP contribution in [0.2, 0.25) is 0 Å². The Balaban J connectivity index is 2.27. The van der Waals surface area contributed by atoms with Crippen LogP contribution in [0.3, 0.4) is 0 Å². The highest BCUT2D eigenvalue weighted by Crippen LogP contribution is 2.30. The van der Waals surface area contributed by atoms with Crippen molar-refractivity contribution in [3.05, 3.63) is 16.5 Å². The van der Waals surface area contributed by atoms with E-state index >= 15 is 0 Å². The number of aliphatic hydroxyl groups excluding tert-OH is 1. The molecule has 0 amide bonds. The van der Waals surface area contributed by atoms with Crippen molar-refractivity contribution in [3.8, 4) is 0 Å². The average molecular weight is 354 g/mol. The molecule has 19 heavy (non-hydrogen) atoms. The number of aliphatic hydroxyl groups is 1. The van der Waals surface area contributed by atoms with Gasteiger partial charge in [0.25, 0.3) is 0 Å². The van der Waals surface area contributed by atoms with Crippen LogP contribution in [0.15, 0.2) is 20.0 Å². The van der Waals surface area contributed by atoms with E-state index in [0.29, 0.717) is 26.1 Å². The summed E-state index contributed by atoms with van der Waals surface area (Å²) in [5, 5.41) is 8.99. The molecule has 8 heteroatoms. The number of rotatable bonds is 4. The Morgan fingerprint density at radius 2 is 2.11 bits per heavy atom. The monoisotopic (exact) mass is 353 g/mol. The third-order valence-electron chi connectivity index (χ3n) is 3.22. The molecule has 1 fully saturated rings. The van der Waals surface area contributed by atoms with Crippen molar-refractivity contribution >= 4 is 26.0 Å². The van der Waals surface area contributed by atoms with Gasteiger partial charge in [-0.3, -0.25) is 0 Å². The number of hydrogen-bond donors (Lipinski definition) is 1. The zero-order valence-corrected chi connectivity index (χ0v) is 12.9. The first-order valence-corrected chi connectivity index (χ1v) is 8.15. The quantitative estimate of drug-likeness (QED) is 0.883. The first-order valence-electron chi connectivity index (χ1n) is 5.91. The number of furan rings is 1. The van der Waals surface area contributed by atoms with Crippen LogP contribution in [0.5, 0.6) is 0 Å². The fourth-order valence-corrected chi connectivity index (χ4v) is 4.43. The maximum atomic E-state index is 12.5. The molecule has 1 saturated heterocycles. The molecule has 0 unspecified atom stereocenters. The maximum absolute atomic E-state index is 12.5. The zero-order valence-electron chi connectivity index (χ0n) is 10.5. The Kier molecular flexibility index (Phi) is 4.67. The third kappa shape index (κ3) is 3.03. The zero-order chi connectivity index (χ0) is 14.0. The van der Waals surface area contributed by atoms with Gasteiger partial charge in [0.2, 0.25) is 10.0 Å². The summed E-state index contributed by atoms with van der Waals surface area (Å²) in [6.45, 7) is 0.799. The van der Waals surface area contributed by atoms with Crippen LogP contribution >= 0.6 is 15.9 Å². The van der Waals surface area contributed by atoms with E-state index in [1.807, 2.05) is 0 Å². The van der Waals surface area contributed by atoms with E-state index in [9.17, 15) is 8.42 Å². The van der Waals surface area contributed by atoms with Crippen molar-refractivity contribution < 1.29 is 22.7 Å². The van der Waals surface area contributed by atoms with E-state index in [2.05, 4.69) is 15.9 Å². The van der Waals surface area contributed by atoms with E-state index in [4.69, 9.17) is 14.3 Å². The summed E-state index contributed by atoms with van der Waals surface area (Å²) < 4.78 is 36.8. The van der Waals surface area contributed by atoms with Crippen LogP contribution in [-0.2, 0) is 21.4 Å². The number of nitrogens with zero attached hydrogens (tertiary/aromatic N) is 1. The van der Waals surface area contributed by atoms with E-state index in [1.165, 1.54) is 10.4 Å². The smallest absolute Gasteiger partial charge is 0.247 e. The lowest BCUT2D eigenvalue weighted by molar-refractivity contribution is 0.0632. The molecule has 2 rings (SSSR count). The van der Waals surface area contributed by atoms with E-state index < -0.39 is 10.0 Å². The summed E-state index contributed by atoms with van der Waals surface area (Å²) in [5.41, 5.74) is 0. The summed E-state index contributed by atoms with van der Waals surface area (Å²) in [5.74, 6) is 0.214. The predicted octanol–water partition coefficient (Wildman–Crippen LogP) is 1.33. The lowest BCUT2D eigenvalue weighted by Gasteiger charge is -2.30. The normalized spacial score (nSPS) is 18.1. The molecule has 1 N–H and O–H groups in total. The lowest BCUT2D eigenvalue weighted by Crippen LogP contribution is -2.40. The number of sulfonamides is 1. The minimum Gasteiger partial charge on any atom is -0.450 e. The fourth-order valence-electron chi connectivity index (χ4n) is 2.05. The van der Waals surface area contributed by atoms with Crippen LogP contribution in [0.25, 0.3) is 0 Å². The van der Waals surface area contributed by atoms with Crippen LogP contribution in [0.1, 0.15) is 18.6 Å². The summed E-state index contributed by atoms with van der Waals surface area (Å²) in [4.78, 5) is 0.0468. The molecule has 0 bridgehead atoms. The van der Waals surface area contributed by atoms with Crippen molar-refractivity contribution in [2.75, 3.05) is 20.3 Å². The minimum absolute atomic E-state index is 0.0468. The molecule has 0 saturated carbocycles. The van der Waals surface area contributed by atoms with Gasteiger partial charge in [-0.15, -0.1) is 0 Å². The van der Waals surface area contributed by atoms with Crippen molar-refractivity contribution in [1.29, 1.82) is 0 Å². The minimum atomic E-state index is -3.63. The molecule has 1 aromatic rings. The van der Waals surface area contributed by atoms with Crippen LogP contribution in [0, 0.1) is 0 Å². The molecule has 0 aliphatic carbocycles. The second kappa shape index (κ2) is 5.92.